The topological polar surface area (TPSA) is 69.6 Å². The Kier molecular flexibility index (Phi) is 5.15. The third kappa shape index (κ3) is 3.42. The second-order valence-corrected chi connectivity index (χ2v) is 8.15. The Hall–Kier alpha value is -3.64. The monoisotopic (exact) mass is 444 g/mol. The van der Waals surface area contributed by atoms with Crippen LogP contribution < -0.4 is 4.90 Å². The molecule has 0 bridgehead atoms. The Labute approximate surface area is 190 Å². The Bertz CT molecular complexity index is 1360. The van der Waals surface area contributed by atoms with Gasteiger partial charge in [-0.25, -0.2) is 9.97 Å². The minimum atomic E-state index is -0.0558. The predicted molar refractivity (Wildman–Crippen MR) is 128 cm³/mol. The Morgan fingerprint density at radius 3 is 2.59 bits per heavy atom. The van der Waals surface area contributed by atoms with Crippen LogP contribution in [0.2, 0.25) is 5.02 Å². The van der Waals surface area contributed by atoms with Crippen molar-refractivity contribution in [2.75, 3.05) is 31.1 Å². The van der Waals surface area contributed by atoms with Crippen molar-refractivity contribution < 1.29 is 9.90 Å². The lowest BCUT2D eigenvalue weighted by atomic mass is 9.96. The lowest BCUT2D eigenvalue weighted by Crippen LogP contribution is -2.48. The van der Waals surface area contributed by atoms with Crippen molar-refractivity contribution in [3.8, 4) is 16.9 Å². The molecule has 0 aliphatic carbocycles. The van der Waals surface area contributed by atoms with Gasteiger partial charge in [-0.05, 0) is 35.0 Å². The van der Waals surface area contributed by atoms with Gasteiger partial charge in [-0.3, -0.25) is 4.79 Å². The zero-order valence-corrected chi connectivity index (χ0v) is 18.1. The van der Waals surface area contributed by atoms with Crippen molar-refractivity contribution in [1.29, 1.82) is 0 Å². The van der Waals surface area contributed by atoms with Crippen molar-refractivity contribution in [1.82, 2.24) is 14.9 Å². The molecule has 0 unspecified atom stereocenters. The summed E-state index contributed by atoms with van der Waals surface area (Å²) >= 11 is 6.76. The van der Waals surface area contributed by atoms with Crippen molar-refractivity contribution in [2.24, 2.45) is 0 Å². The number of nitrogens with zero attached hydrogens (tertiary/aromatic N) is 4. The number of phenols is 1. The van der Waals surface area contributed by atoms with Gasteiger partial charge in [-0.15, -0.1) is 0 Å². The molecule has 160 valence electrons. The average Bonchev–Trinajstić information content (AvgIpc) is 2.83. The number of anilines is 1. The largest absolute Gasteiger partial charge is 0.507 e. The normalized spacial score (nSPS) is 14.2. The number of hydrogen-bond acceptors (Lipinski definition) is 5. The molecule has 1 fully saturated rings. The number of aromatic hydroxyl groups is 1. The minimum Gasteiger partial charge on any atom is -0.507 e. The average molecular weight is 445 g/mol. The van der Waals surface area contributed by atoms with Gasteiger partial charge >= 0.3 is 0 Å². The van der Waals surface area contributed by atoms with Gasteiger partial charge in [0.25, 0.3) is 0 Å². The maximum absolute atomic E-state index is 11.9. The third-order valence-electron chi connectivity index (χ3n) is 5.94. The van der Waals surface area contributed by atoms with Gasteiger partial charge in [0, 0.05) is 47.7 Å². The lowest BCUT2D eigenvalue weighted by molar-refractivity contribution is -0.126. The zero-order valence-electron chi connectivity index (χ0n) is 17.3. The summed E-state index contributed by atoms with van der Waals surface area (Å²) in [7, 11) is 0. The second-order valence-electron chi connectivity index (χ2n) is 7.74. The van der Waals surface area contributed by atoms with E-state index in [1.165, 1.54) is 6.08 Å². The summed E-state index contributed by atoms with van der Waals surface area (Å²) in [5.41, 5.74) is 2.15. The number of hydrogen-bond donors (Lipinski definition) is 1. The van der Waals surface area contributed by atoms with Gasteiger partial charge in [0.05, 0.1) is 5.52 Å². The molecule has 1 amide bonds. The van der Waals surface area contributed by atoms with E-state index < -0.39 is 0 Å². The molecule has 1 saturated heterocycles. The van der Waals surface area contributed by atoms with Crippen molar-refractivity contribution >= 4 is 45.0 Å². The molecule has 0 atom stereocenters. The summed E-state index contributed by atoms with van der Waals surface area (Å²) in [6, 6.07) is 15.2. The van der Waals surface area contributed by atoms with E-state index in [4.69, 9.17) is 11.6 Å². The van der Waals surface area contributed by atoms with Crippen LogP contribution in [0.15, 0.2) is 67.5 Å². The number of piperazine rings is 1. The maximum Gasteiger partial charge on any atom is 0.246 e. The van der Waals surface area contributed by atoms with Gasteiger partial charge in [-0.2, -0.15) is 0 Å². The SMILES string of the molecule is C=CC(=O)N1CCN(c2ncnc3cc(-c4c(O)ccc5ccccc45)c(Cl)cc23)CC1. The smallest absolute Gasteiger partial charge is 0.246 e. The maximum atomic E-state index is 11.9. The molecule has 1 aromatic heterocycles. The first kappa shape index (κ1) is 20.3. The molecule has 0 spiro atoms. The molecular weight excluding hydrogens is 424 g/mol. The highest BCUT2D eigenvalue weighted by Gasteiger charge is 2.23. The summed E-state index contributed by atoms with van der Waals surface area (Å²) in [6.07, 6.45) is 2.89. The van der Waals surface area contributed by atoms with Crippen LogP contribution in [0.1, 0.15) is 0 Å². The van der Waals surface area contributed by atoms with E-state index in [1.807, 2.05) is 42.5 Å². The van der Waals surface area contributed by atoms with Crippen molar-refractivity contribution in [2.45, 2.75) is 0 Å². The van der Waals surface area contributed by atoms with Gasteiger partial charge in [0.15, 0.2) is 0 Å². The fraction of sp³-hybridized carbons (Fsp3) is 0.160. The molecular formula is C25H21ClN4O2. The quantitative estimate of drug-likeness (QED) is 0.466. The number of halogens is 1. The molecule has 4 aromatic rings. The summed E-state index contributed by atoms with van der Waals surface area (Å²) in [5, 5.41) is 14.0. The van der Waals surface area contributed by atoms with Crippen LogP contribution in [0.3, 0.4) is 0 Å². The predicted octanol–water partition coefficient (Wildman–Crippen LogP) is 4.64. The minimum absolute atomic E-state index is 0.0558. The first-order chi connectivity index (χ1) is 15.6. The number of amides is 1. The lowest BCUT2D eigenvalue weighted by Gasteiger charge is -2.35. The fourth-order valence-corrected chi connectivity index (χ4v) is 4.58. The number of fused-ring (bicyclic) bond motifs is 2. The van der Waals surface area contributed by atoms with Crippen molar-refractivity contribution in [3.05, 3.63) is 72.5 Å². The van der Waals surface area contributed by atoms with Gasteiger partial charge in [-0.1, -0.05) is 48.5 Å². The Morgan fingerprint density at radius 2 is 1.81 bits per heavy atom. The first-order valence-electron chi connectivity index (χ1n) is 10.4. The van der Waals surface area contributed by atoms with Crippen LogP contribution in [-0.2, 0) is 4.79 Å². The highest BCUT2D eigenvalue weighted by molar-refractivity contribution is 6.35. The van der Waals surface area contributed by atoms with E-state index in [1.54, 1.807) is 17.3 Å². The van der Waals surface area contributed by atoms with Crippen LogP contribution in [0, 0.1) is 0 Å². The van der Waals surface area contributed by atoms with E-state index in [0.717, 1.165) is 33.1 Å². The number of phenolic OH excluding ortho intramolecular Hbond substituents is 1. The molecule has 1 aliphatic rings. The number of benzene rings is 3. The number of aromatic nitrogens is 2. The molecule has 0 radical (unpaired) electrons. The summed E-state index contributed by atoms with van der Waals surface area (Å²) in [6.45, 7) is 6.09. The van der Waals surface area contributed by atoms with Crippen molar-refractivity contribution in [3.63, 3.8) is 0 Å². The molecule has 5 rings (SSSR count). The number of carbonyl (C=O) groups excluding carboxylic acids is 1. The Balaban J connectivity index is 1.58. The third-order valence-corrected chi connectivity index (χ3v) is 6.26. The molecule has 1 N–H and O–H groups in total. The zero-order chi connectivity index (χ0) is 22.2. The second kappa shape index (κ2) is 8.13. The van der Waals surface area contributed by atoms with Crippen LogP contribution in [-0.4, -0.2) is 52.1 Å². The summed E-state index contributed by atoms with van der Waals surface area (Å²) in [4.78, 5) is 24.8. The molecule has 2 heterocycles. The molecule has 3 aromatic carbocycles. The van der Waals surface area contributed by atoms with Gasteiger partial charge in [0.2, 0.25) is 5.91 Å². The van der Waals surface area contributed by atoms with Crippen LogP contribution in [0.25, 0.3) is 32.8 Å². The standard InChI is InChI=1S/C25H21ClN4O2/c1-2-23(32)29-9-11-30(12-10-29)25-19-13-20(26)18(14-21(19)27-15-28-25)24-17-6-4-3-5-16(17)7-8-22(24)31/h2-8,13-15,31H,1,9-12H2. The summed E-state index contributed by atoms with van der Waals surface area (Å²) in [5.74, 6) is 0.901. The van der Waals surface area contributed by atoms with Gasteiger partial charge < -0.3 is 14.9 Å². The van der Waals surface area contributed by atoms with Crippen LogP contribution >= 0.6 is 11.6 Å². The number of rotatable bonds is 3. The molecule has 32 heavy (non-hydrogen) atoms. The number of carbonyl (C=O) groups is 1. The molecule has 0 saturated carbocycles. The van der Waals surface area contributed by atoms with Crippen LogP contribution in [0.4, 0.5) is 5.82 Å². The fourth-order valence-electron chi connectivity index (χ4n) is 4.32. The Morgan fingerprint density at radius 1 is 1.03 bits per heavy atom. The molecule has 1 aliphatic heterocycles. The highest BCUT2D eigenvalue weighted by atomic mass is 35.5. The van der Waals surface area contributed by atoms with Gasteiger partial charge in [0.1, 0.15) is 17.9 Å². The van der Waals surface area contributed by atoms with E-state index in [-0.39, 0.29) is 11.7 Å². The summed E-state index contributed by atoms with van der Waals surface area (Å²) < 4.78 is 0. The first-order valence-corrected chi connectivity index (χ1v) is 10.8. The van der Waals surface area contributed by atoms with E-state index in [2.05, 4.69) is 21.4 Å². The highest BCUT2D eigenvalue weighted by Crippen LogP contribution is 2.42. The molecule has 6 nitrogen and oxygen atoms in total. The van der Waals surface area contributed by atoms with E-state index in [9.17, 15) is 9.90 Å². The van der Waals surface area contributed by atoms with Crippen LogP contribution in [0.5, 0.6) is 5.75 Å². The van der Waals surface area contributed by atoms with E-state index in [0.29, 0.717) is 36.8 Å². The van der Waals surface area contributed by atoms with E-state index >= 15 is 0 Å². The molecule has 7 heteroatoms.